The van der Waals surface area contributed by atoms with Crippen LogP contribution in [0.1, 0.15) is 43.2 Å². The third-order valence-corrected chi connectivity index (χ3v) is 4.57. The summed E-state index contributed by atoms with van der Waals surface area (Å²) < 4.78 is 10.9. The SMILES string of the molecule is CCCCC#CC(c1ccc(OC)c(OC)c1)c1c[nH]c2ccccc12. The molecule has 0 spiro atoms. The predicted molar refractivity (Wildman–Crippen MR) is 107 cm³/mol. The Bertz CT molecular complexity index is 930. The lowest BCUT2D eigenvalue weighted by Gasteiger charge is -2.14. The lowest BCUT2D eigenvalue weighted by atomic mass is 9.91. The van der Waals surface area contributed by atoms with Gasteiger partial charge in [-0.25, -0.2) is 0 Å². The zero-order chi connectivity index (χ0) is 18.4. The van der Waals surface area contributed by atoms with Gasteiger partial charge in [0, 0.05) is 23.5 Å². The minimum atomic E-state index is -0.0113. The molecule has 3 nitrogen and oxygen atoms in total. The number of hydrogen-bond donors (Lipinski definition) is 1. The number of para-hydroxylation sites is 1. The fraction of sp³-hybridized carbons (Fsp3) is 0.304. The summed E-state index contributed by atoms with van der Waals surface area (Å²) in [6.07, 6.45) is 5.27. The van der Waals surface area contributed by atoms with E-state index in [9.17, 15) is 0 Å². The molecule has 0 aliphatic rings. The summed E-state index contributed by atoms with van der Waals surface area (Å²) in [7, 11) is 3.31. The monoisotopic (exact) mass is 347 g/mol. The fourth-order valence-electron chi connectivity index (χ4n) is 3.15. The molecule has 134 valence electrons. The number of nitrogens with one attached hydrogen (secondary N) is 1. The molecule has 2 aromatic carbocycles. The molecule has 0 amide bonds. The summed E-state index contributed by atoms with van der Waals surface area (Å²) in [6, 6.07) is 14.4. The summed E-state index contributed by atoms with van der Waals surface area (Å²) in [5, 5.41) is 1.21. The van der Waals surface area contributed by atoms with Crippen LogP contribution in [0.2, 0.25) is 0 Å². The van der Waals surface area contributed by atoms with Gasteiger partial charge in [0.1, 0.15) is 0 Å². The van der Waals surface area contributed by atoms with Crippen LogP contribution in [0.5, 0.6) is 11.5 Å². The Balaban J connectivity index is 2.07. The van der Waals surface area contributed by atoms with Crippen molar-refractivity contribution in [1.82, 2.24) is 4.98 Å². The molecule has 0 saturated heterocycles. The summed E-state index contributed by atoms with van der Waals surface area (Å²) in [6.45, 7) is 2.19. The van der Waals surface area contributed by atoms with Crippen molar-refractivity contribution < 1.29 is 9.47 Å². The van der Waals surface area contributed by atoms with Crippen molar-refractivity contribution in [2.75, 3.05) is 14.2 Å². The average Bonchev–Trinajstić information content (AvgIpc) is 3.11. The molecular formula is C23H25NO2. The molecular weight excluding hydrogens is 322 g/mol. The number of hydrogen-bond acceptors (Lipinski definition) is 2. The van der Waals surface area contributed by atoms with Gasteiger partial charge >= 0.3 is 0 Å². The standard InChI is InChI=1S/C23H25NO2/c1-4-5-6-7-10-18(17-13-14-22(25-2)23(15-17)26-3)20-16-24-21-12-9-8-11-19(20)21/h8-9,11-16,18,24H,4-6H2,1-3H3. The minimum Gasteiger partial charge on any atom is -0.493 e. The van der Waals surface area contributed by atoms with Gasteiger partial charge in [0.05, 0.1) is 20.1 Å². The van der Waals surface area contributed by atoms with E-state index in [0.29, 0.717) is 0 Å². The van der Waals surface area contributed by atoms with E-state index in [1.165, 1.54) is 10.9 Å². The third-order valence-electron chi connectivity index (χ3n) is 4.57. The molecule has 0 fully saturated rings. The van der Waals surface area contributed by atoms with Crippen LogP contribution in [-0.4, -0.2) is 19.2 Å². The van der Waals surface area contributed by atoms with Crippen molar-refractivity contribution >= 4 is 10.9 Å². The number of unbranched alkanes of at least 4 members (excludes halogenated alkanes) is 2. The molecule has 3 aromatic rings. The maximum Gasteiger partial charge on any atom is 0.161 e. The van der Waals surface area contributed by atoms with Crippen LogP contribution in [-0.2, 0) is 0 Å². The molecule has 0 bridgehead atoms. The molecule has 0 saturated carbocycles. The van der Waals surface area contributed by atoms with Crippen molar-refractivity contribution in [3.63, 3.8) is 0 Å². The quantitative estimate of drug-likeness (QED) is 0.471. The molecule has 26 heavy (non-hydrogen) atoms. The zero-order valence-corrected chi connectivity index (χ0v) is 15.6. The van der Waals surface area contributed by atoms with Crippen molar-refractivity contribution in [2.45, 2.75) is 32.1 Å². The Morgan fingerprint density at radius 3 is 2.62 bits per heavy atom. The van der Waals surface area contributed by atoms with Crippen LogP contribution >= 0.6 is 0 Å². The van der Waals surface area contributed by atoms with Gasteiger partial charge in [0.25, 0.3) is 0 Å². The van der Waals surface area contributed by atoms with Crippen molar-refractivity contribution in [3.05, 3.63) is 59.8 Å². The Labute approximate surface area is 155 Å². The van der Waals surface area contributed by atoms with E-state index >= 15 is 0 Å². The molecule has 3 heteroatoms. The number of fused-ring (bicyclic) bond motifs is 1. The van der Waals surface area contributed by atoms with Crippen LogP contribution < -0.4 is 9.47 Å². The first-order chi connectivity index (χ1) is 12.8. The smallest absolute Gasteiger partial charge is 0.161 e. The van der Waals surface area contributed by atoms with Crippen LogP contribution in [0.15, 0.2) is 48.7 Å². The van der Waals surface area contributed by atoms with Gasteiger partial charge in [-0.2, -0.15) is 0 Å². The Hall–Kier alpha value is -2.86. The molecule has 3 rings (SSSR count). The number of benzene rings is 2. The maximum absolute atomic E-state index is 5.49. The predicted octanol–water partition coefficient (Wildman–Crippen LogP) is 5.51. The summed E-state index contributed by atoms with van der Waals surface area (Å²) in [5.74, 6) is 8.30. The van der Waals surface area contributed by atoms with Gasteiger partial charge in [0.2, 0.25) is 0 Å². The highest BCUT2D eigenvalue weighted by Gasteiger charge is 2.18. The number of methoxy groups -OCH3 is 2. The number of H-pyrrole nitrogens is 1. The van der Waals surface area contributed by atoms with E-state index in [4.69, 9.17) is 9.47 Å². The van der Waals surface area contributed by atoms with Gasteiger partial charge < -0.3 is 14.5 Å². The van der Waals surface area contributed by atoms with Crippen molar-refractivity contribution in [1.29, 1.82) is 0 Å². The van der Waals surface area contributed by atoms with E-state index in [0.717, 1.165) is 41.8 Å². The summed E-state index contributed by atoms with van der Waals surface area (Å²) >= 11 is 0. The second kappa shape index (κ2) is 8.49. The first-order valence-corrected chi connectivity index (χ1v) is 9.04. The van der Waals surface area contributed by atoms with Gasteiger partial charge in [-0.3, -0.25) is 0 Å². The molecule has 0 radical (unpaired) electrons. The largest absolute Gasteiger partial charge is 0.493 e. The normalized spacial score (nSPS) is 11.7. The van der Waals surface area contributed by atoms with Gasteiger partial charge in [-0.1, -0.05) is 43.5 Å². The minimum absolute atomic E-state index is 0.0113. The van der Waals surface area contributed by atoms with Gasteiger partial charge in [-0.15, -0.1) is 5.92 Å². The number of aromatic nitrogens is 1. The summed E-state index contributed by atoms with van der Waals surface area (Å²) in [4.78, 5) is 3.37. The van der Waals surface area contributed by atoms with E-state index in [1.807, 2.05) is 18.2 Å². The first-order valence-electron chi connectivity index (χ1n) is 9.04. The molecule has 1 atom stereocenters. The third kappa shape index (κ3) is 3.70. The second-order valence-corrected chi connectivity index (χ2v) is 6.26. The molecule has 1 heterocycles. The lowest BCUT2D eigenvalue weighted by Crippen LogP contribution is -2.00. The highest BCUT2D eigenvalue weighted by atomic mass is 16.5. The van der Waals surface area contributed by atoms with E-state index in [1.54, 1.807) is 14.2 Å². The average molecular weight is 347 g/mol. The fourth-order valence-corrected chi connectivity index (χ4v) is 3.15. The van der Waals surface area contributed by atoms with E-state index in [2.05, 4.69) is 54.2 Å². The number of rotatable bonds is 6. The van der Waals surface area contributed by atoms with Crippen LogP contribution in [0.4, 0.5) is 0 Å². The number of ether oxygens (including phenoxy) is 2. The Morgan fingerprint density at radius 1 is 1.04 bits per heavy atom. The number of aromatic amines is 1. The summed E-state index contributed by atoms with van der Waals surface area (Å²) in [5.41, 5.74) is 3.43. The second-order valence-electron chi connectivity index (χ2n) is 6.26. The van der Waals surface area contributed by atoms with E-state index < -0.39 is 0 Å². The molecule has 0 aliphatic heterocycles. The topological polar surface area (TPSA) is 34.2 Å². The van der Waals surface area contributed by atoms with Crippen molar-refractivity contribution in [2.24, 2.45) is 0 Å². The molecule has 0 aliphatic carbocycles. The Kier molecular flexibility index (Phi) is 5.86. The molecule has 1 aromatic heterocycles. The zero-order valence-electron chi connectivity index (χ0n) is 15.6. The Morgan fingerprint density at radius 2 is 1.85 bits per heavy atom. The highest BCUT2D eigenvalue weighted by molar-refractivity contribution is 5.84. The van der Waals surface area contributed by atoms with Crippen LogP contribution in [0.3, 0.4) is 0 Å². The molecule has 1 unspecified atom stereocenters. The lowest BCUT2D eigenvalue weighted by molar-refractivity contribution is 0.354. The maximum atomic E-state index is 5.49. The first kappa shape index (κ1) is 17.9. The van der Waals surface area contributed by atoms with Crippen LogP contribution in [0.25, 0.3) is 10.9 Å². The van der Waals surface area contributed by atoms with E-state index in [-0.39, 0.29) is 5.92 Å². The van der Waals surface area contributed by atoms with Gasteiger partial charge in [0.15, 0.2) is 11.5 Å². The highest BCUT2D eigenvalue weighted by Crippen LogP contribution is 2.35. The molecule has 1 N–H and O–H groups in total. The van der Waals surface area contributed by atoms with Crippen molar-refractivity contribution in [3.8, 4) is 23.3 Å². The van der Waals surface area contributed by atoms with Crippen LogP contribution in [0, 0.1) is 11.8 Å². The van der Waals surface area contributed by atoms with Gasteiger partial charge in [-0.05, 0) is 35.7 Å².